The second-order valence-electron chi connectivity index (χ2n) is 6.79. The van der Waals surface area contributed by atoms with Gasteiger partial charge in [-0.3, -0.25) is 0 Å². The largest absolute Gasteiger partial charge is 0.457 e. The smallest absolute Gasteiger partial charge is 0.132 e. The Morgan fingerprint density at radius 1 is 0.577 bits per heavy atom. The van der Waals surface area contributed by atoms with Crippen LogP contribution in [0.1, 0.15) is 22.3 Å². The first-order chi connectivity index (χ1) is 12.9. The van der Waals surface area contributed by atoms with Crippen molar-refractivity contribution in [2.24, 2.45) is 0 Å². The van der Waals surface area contributed by atoms with Crippen molar-refractivity contribution in [1.29, 1.82) is 0 Å². The fourth-order valence-electron chi connectivity index (χ4n) is 4.68. The summed E-state index contributed by atoms with van der Waals surface area (Å²) in [5.74, 6) is 1.84. The average molecular weight is 330 g/mol. The molecule has 0 bridgehead atoms. The molecule has 0 saturated carbocycles. The standard InChI is InChI=1S/C25H14O/c1-3-11-19-17(9-1)18-10-2-4-12-20(18)25(19)21-13-5-7-15-23(21)26-24-16-8-6-14-22(24)25/h3-16H. The number of hydrogen-bond acceptors (Lipinski definition) is 1. The van der Waals surface area contributed by atoms with Gasteiger partial charge < -0.3 is 4.74 Å². The molecule has 1 nitrogen and oxygen atoms in total. The van der Waals surface area contributed by atoms with Crippen molar-refractivity contribution in [3.8, 4) is 22.6 Å². The molecule has 4 aromatic rings. The van der Waals surface area contributed by atoms with E-state index in [0.717, 1.165) is 11.5 Å². The Balaban J connectivity index is 1.87. The van der Waals surface area contributed by atoms with Gasteiger partial charge in [-0.15, -0.1) is 0 Å². The van der Waals surface area contributed by atoms with Crippen molar-refractivity contribution in [2.75, 3.05) is 0 Å². The maximum Gasteiger partial charge on any atom is 0.132 e. The summed E-state index contributed by atoms with van der Waals surface area (Å²) < 4.78 is 6.28. The molecule has 1 aliphatic heterocycles. The van der Waals surface area contributed by atoms with Crippen LogP contribution in [0.4, 0.5) is 0 Å². The molecule has 0 fully saturated rings. The third-order valence-corrected chi connectivity index (χ3v) is 5.63. The highest BCUT2D eigenvalue weighted by Gasteiger charge is 2.50. The Morgan fingerprint density at radius 3 is 1.62 bits per heavy atom. The highest BCUT2D eigenvalue weighted by atomic mass is 16.5. The predicted octanol–water partition coefficient (Wildman–Crippen LogP) is 5.76. The van der Waals surface area contributed by atoms with Crippen molar-refractivity contribution in [3.05, 3.63) is 119 Å². The van der Waals surface area contributed by atoms with Gasteiger partial charge >= 0.3 is 0 Å². The van der Waals surface area contributed by atoms with E-state index < -0.39 is 0 Å². The number of hydrogen-bond donors (Lipinski definition) is 0. The normalized spacial score (nSPS) is 14.8. The summed E-state index contributed by atoms with van der Waals surface area (Å²) >= 11 is 0. The van der Waals surface area contributed by atoms with Crippen LogP contribution in [0.15, 0.2) is 84.9 Å². The molecule has 1 heteroatoms. The zero-order valence-corrected chi connectivity index (χ0v) is 14.0. The summed E-state index contributed by atoms with van der Waals surface area (Å²) in [4.78, 5) is 0. The molecule has 26 heavy (non-hydrogen) atoms. The summed E-state index contributed by atoms with van der Waals surface area (Å²) in [6, 6.07) is 35.9. The van der Waals surface area contributed by atoms with E-state index in [4.69, 9.17) is 4.74 Å². The van der Waals surface area contributed by atoms with E-state index in [9.17, 15) is 0 Å². The van der Waals surface area contributed by atoms with E-state index in [1.807, 2.05) is 24.3 Å². The van der Waals surface area contributed by atoms with Gasteiger partial charge in [0.25, 0.3) is 0 Å². The number of rotatable bonds is 0. The van der Waals surface area contributed by atoms with Crippen LogP contribution < -0.4 is 4.74 Å². The van der Waals surface area contributed by atoms with Crippen LogP contribution in [0.2, 0.25) is 0 Å². The average Bonchev–Trinajstić information content (AvgIpc) is 3.00. The number of fused-ring (bicyclic) bond motifs is 9. The summed E-state index contributed by atoms with van der Waals surface area (Å²) in [5, 5.41) is 0. The maximum atomic E-state index is 6.28. The zero-order chi connectivity index (χ0) is 17.1. The van der Waals surface area contributed by atoms with Gasteiger partial charge in [-0.05, 0) is 58.7 Å². The Bertz CT molecular complexity index is 1080. The Kier molecular flexibility index (Phi) is 2.60. The molecule has 2 aliphatic rings. The molecule has 0 atom stereocenters. The molecule has 0 saturated heterocycles. The van der Waals surface area contributed by atoms with Gasteiger partial charge in [-0.25, -0.2) is 0 Å². The van der Waals surface area contributed by atoms with Crippen LogP contribution in [-0.4, -0.2) is 0 Å². The highest BCUT2D eigenvalue weighted by molar-refractivity contribution is 5.88. The minimum atomic E-state index is -0.361. The van der Waals surface area contributed by atoms with Gasteiger partial charge in [-0.2, -0.15) is 0 Å². The minimum absolute atomic E-state index is 0.361. The van der Waals surface area contributed by atoms with Gasteiger partial charge in [0, 0.05) is 11.1 Å². The molecule has 0 aromatic heterocycles. The predicted molar refractivity (Wildman–Crippen MR) is 101 cm³/mol. The quantitative estimate of drug-likeness (QED) is 0.344. The highest BCUT2D eigenvalue weighted by Crippen LogP contribution is 2.61. The molecule has 4 aromatic carbocycles. The van der Waals surface area contributed by atoms with E-state index in [1.54, 1.807) is 0 Å². The first kappa shape index (κ1) is 13.9. The maximum absolute atomic E-state index is 6.28. The molecular formula is C25H14O. The molecule has 0 N–H and O–H groups in total. The van der Waals surface area contributed by atoms with Crippen molar-refractivity contribution < 1.29 is 4.74 Å². The zero-order valence-electron chi connectivity index (χ0n) is 14.0. The van der Waals surface area contributed by atoms with Crippen LogP contribution in [0, 0.1) is 12.1 Å². The van der Waals surface area contributed by atoms with Crippen LogP contribution in [0.3, 0.4) is 0 Å². The first-order valence-electron chi connectivity index (χ1n) is 8.79. The lowest BCUT2D eigenvalue weighted by molar-refractivity contribution is 0.436. The summed E-state index contributed by atoms with van der Waals surface area (Å²) in [6.07, 6.45) is 0. The molecule has 0 amide bonds. The fraction of sp³-hybridized carbons (Fsp3) is 0.0400. The van der Waals surface area contributed by atoms with Crippen molar-refractivity contribution in [2.45, 2.75) is 5.41 Å². The molecule has 1 heterocycles. The molecule has 120 valence electrons. The van der Waals surface area contributed by atoms with Crippen molar-refractivity contribution in [3.63, 3.8) is 0 Å². The van der Waals surface area contributed by atoms with Gasteiger partial charge in [-0.1, -0.05) is 60.7 Å². The summed E-state index contributed by atoms with van der Waals surface area (Å²) in [6.45, 7) is 0. The third-order valence-electron chi connectivity index (χ3n) is 5.63. The summed E-state index contributed by atoms with van der Waals surface area (Å²) in [5.41, 5.74) is 7.05. The van der Waals surface area contributed by atoms with Gasteiger partial charge in [0.15, 0.2) is 0 Å². The second kappa shape index (κ2) is 4.86. The first-order valence-corrected chi connectivity index (χ1v) is 8.79. The van der Waals surface area contributed by atoms with Gasteiger partial charge in [0.05, 0.1) is 5.41 Å². The SMILES string of the molecule is [c]1ccc2c(c1)-c1c[c]ccc1C21c2ccccc2Oc2ccccc21. The van der Waals surface area contributed by atoms with Crippen LogP contribution in [0.25, 0.3) is 11.1 Å². The lowest BCUT2D eigenvalue weighted by Gasteiger charge is -2.39. The minimum Gasteiger partial charge on any atom is -0.457 e. The topological polar surface area (TPSA) is 9.23 Å². The number of benzene rings is 4. The fourth-order valence-corrected chi connectivity index (χ4v) is 4.68. The molecular weight excluding hydrogens is 316 g/mol. The van der Waals surface area contributed by atoms with Crippen LogP contribution in [-0.2, 0) is 5.41 Å². The van der Waals surface area contributed by atoms with Gasteiger partial charge in [0.2, 0.25) is 0 Å². The van der Waals surface area contributed by atoms with E-state index in [0.29, 0.717) is 0 Å². The van der Waals surface area contributed by atoms with E-state index >= 15 is 0 Å². The van der Waals surface area contributed by atoms with Gasteiger partial charge in [0.1, 0.15) is 11.5 Å². The van der Waals surface area contributed by atoms with Crippen LogP contribution in [0.5, 0.6) is 11.5 Å². The number of ether oxygens (including phenoxy) is 1. The van der Waals surface area contributed by atoms with E-state index in [1.165, 1.54) is 33.4 Å². The molecule has 1 spiro atoms. The Hall–Kier alpha value is -3.32. The number of para-hydroxylation sites is 2. The summed E-state index contributed by atoms with van der Waals surface area (Å²) in [7, 11) is 0. The Morgan fingerprint density at radius 2 is 1.08 bits per heavy atom. The molecule has 0 unspecified atom stereocenters. The lowest BCUT2D eigenvalue weighted by atomic mass is 9.66. The lowest BCUT2D eigenvalue weighted by Crippen LogP contribution is -2.32. The monoisotopic (exact) mass is 330 g/mol. The Labute approximate surface area is 152 Å². The second-order valence-corrected chi connectivity index (χ2v) is 6.79. The molecule has 2 radical (unpaired) electrons. The van der Waals surface area contributed by atoms with E-state index in [2.05, 4.69) is 72.8 Å². The van der Waals surface area contributed by atoms with Crippen LogP contribution >= 0.6 is 0 Å². The molecule has 1 aliphatic carbocycles. The van der Waals surface area contributed by atoms with Crippen molar-refractivity contribution in [1.82, 2.24) is 0 Å². The van der Waals surface area contributed by atoms with E-state index in [-0.39, 0.29) is 5.41 Å². The molecule has 6 rings (SSSR count). The third kappa shape index (κ3) is 1.52. The van der Waals surface area contributed by atoms with Crippen molar-refractivity contribution >= 4 is 0 Å².